The SMILES string of the molecule is N#CC(/C=N/OC(=O)CCCN(CCCCc1ccc2c(n1)NCCC2)C1CC1)=C/N. The standard InChI is InChI=1S/C23H32N6O2/c24-15-18(16-25)17-27-31-22(30)7-4-14-29(21-10-11-21)13-2-1-6-20-9-8-19-5-3-12-26-23(19)28-20/h8-9,15,17,21H,1-7,10-14,24H2,(H,26,28)/b18-15-,27-17+. The number of oxime groups is 1. The van der Waals surface area contributed by atoms with Crippen molar-refractivity contribution in [3.05, 3.63) is 35.2 Å². The fraction of sp³-hybridized carbons (Fsp3) is 0.565. The number of fused-ring (bicyclic) bond motifs is 1. The molecule has 2 aliphatic rings. The molecule has 3 N–H and O–H groups in total. The first kappa shape index (κ1) is 22.8. The highest BCUT2D eigenvalue weighted by Crippen LogP contribution is 2.27. The van der Waals surface area contributed by atoms with Crippen molar-refractivity contribution in [2.75, 3.05) is 25.0 Å². The van der Waals surface area contributed by atoms with Gasteiger partial charge in [-0.25, -0.2) is 9.78 Å². The molecule has 0 atom stereocenters. The summed E-state index contributed by atoms with van der Waals surface area (Å²) in [6.07, 6.45) is 11.3. The second kappa shape index (κ2) is 12.1. The van der Waals surface area contributed by atoms with Crippen molar-refractivity contribution in [2.24, 2.45) is 10.9 Å². The monoisotopic (exact) mass is 424 g/mol. The van der Waals surface area contributed by atoms with E-state index in [9.17, 15) is 4.79 Å². The van der Waals surface area contributed by atoms with Gasteiger partial charge in [-0.2, -0.15) is 5.26 Å². The molecule has 1 aromatic rings. The molecule has 0 bridgehead atoms. The Kier molecular flexibility index (Phi) is 8.85. The van der Waals surface area contributed by atoms with Crippen molar-refractivity contribution >= 4 is 18.0 Å². The number of rotatable bonds is 12. The number of nitrogens with two attached hydrogens (primary N) is 1. The number of nitrogens with one attached hydrogen (secondary N) is 1. The third-order valence-electron chi connectivity index (χ3n) is 5.62. The van der Waals surface area contributed by atoms with E-state index in [4.69, 9.17) is 20.8 Å². The molecule has 1 fully saturated rings. The Hall–Kier alpha value is -2.92. The average Bonchev–Trinajstić information content (AvgIpc) is 3.63. The van der Waals surface area contributed by atoms with Gasteiger partial charge in [0.25, 0.3) is 0 Å². The third-order valence-corrected chi connectivity index (χ3v) is 5.62. The minimum absolute atomic E-state index is 0.148. The van der Waals surface area contributed by atoms with Gasteiger partial charge in [-0.05, 0) is 76.1 Å². The molecule has 8 nitrogen and oxygen atoms in total. The summed E-state index contributed by atoms with van der Waals surface area (Å²) in [5, 5.41) is 15.6. The van der Waals surface area contributed by atoms with Crippen molar-refractivity contribution < 1.29 is 9.63 Å². The summed E-state index contributed by atoms with van der Waals surface area (Å²) >= 11 is 0. The maximum atomic E-state index is 11.8. The number of carbonyl (C=O) groups is 1. The van der Waals surface area contributed by atoms with Gasteiger partial charge >= 0.3 is 5.97 Å². The molecule has 2 heterocycles. The maximum absolute atomic E-state index is 11.8. The van der Waals surface area contributed by atoms with E-state index in [0.717, 1.165) is 70.0 Å². The Labute approximate surface area is 184 Å². The van der Waals surface area contributed by atoms with Crippen LogP contribution in [0.2, 0.25) is 0 Å². The Balaban J connectivity index is 1.32. The Morgan fingerprint density at radius 1 is 1.35 bits per heavy atom. The highest BCUT2D eigenvalue weighted by Gasteiger charge is 2.28. The van der Waals surface area contributed by atoms with Gasteiger partial charge in [-0.1, -0.05) is 11.2 Å². The fourth-order valence-corrected chi connectivity index (χ4v) is 3.77. The quantitative estimate of drug-likeness (QED) is 0.174. The minimum Gasteiger partial charge on any atom is -0.403 e. The minimum atomic E-state index is -0.395. The number of aryl methyl sites for hydroxylation is 2. The predicted molar refractivity (Wildman–Crippen MR) is 120 cm³/mol. The lowest BCUT2D eigenvalue weighted by molar-refractivity contribution is -0.143. The molecule has 0 radical (unpaired) electrons. The number of hydrogen-bond acceptors (Lipinski definition) is 8. The van der Waals surface area contributed by atoms with Gasteiger partial charge in [-0.3, -0.25) is 0 Å². The molecule has 3 rings (SSSR count). The van der Waals surface area contributed by atoms with E-state index in [1.54, 1.807) is 0 Å². The lowest BCUT2D eigenvalue weighted by atomic mass is 10.1. The number of hydrogen-bond donors (Lipinski definition) is 2. The number of pyridine rings is 1. The molecule has 0 unspecified atom stereocenters. The van der Waals surface area contributed by atoms with Crippen molar-refractivity contribution in [1.29, 1.82) is 5.26 Å². The van der Waals surface area contributed by atoms with Crippen LogP contribution in [0.1, 0.15) is 56.2 Å². The number of allylic oxidation sites excluding steroid dienone is 1. The zero-order valence-electron chi connectivity index (χ0n) is 18.1. The third kappa shape index (κ3) is 7.68. The van der Waals surface area contributed by atoms with Crippen LogP contribution in [0.25, 0.3) is 0 Å². The first-order valence-electron chi connectivity index (χ1n) is 11.2. The van der Waals surface area contributed by atoms with Crippen LogP contribution in [0, 0.1) is 11.3 Å². The van der Waals surface area contributed by atoms with Gasteiger partial charge in [0.15, 0.2) is 0 Å². The van der Waals surface area contributed by atoms with Crippen molar-refractivity contribution in [1.82, 2.24) is 9.88 Å². The number of nitrogens with zero attached hydrogens (tertiary/aromatic N) is 4. The summed E-state index contributed by atoms with van der Waals surface area (Å²) in [5.74, 6) is 0.677. The molecule has 8 heteroatoms. The van der Waals surface area contributed by atoms with Crippen LogP contribution in [-0.2, 0) is 22.5 Å². The zero-order chi connectivity index (χ0) is 21.9. The van der Waals surface area contributed by atoms with E-state index in [1.807, 2.05) is 6.07 Å². The topological polar surface area (TPSA) is 117 Å². The maximum Gasteiger partial charge on any atom is 0.335 e. The lowest BCUT2D eigenvalue weighted by Gasteiger charge is -2.21. The summed E-state index contributed by atoms with van der Waals surface area (Å²) in [7, 11) is 0. The van der Waals surface area contributed by atoms with Crippen LogP contribution in [-0.4, -0.2) is 47.7 Å². The second-order valence-electron chi connectivity index (χ2n) is 8.10. The molecule has 31 heavy (non-hydrogen) atoms. The Morgan fingerprint density at radius 3 is 2.97 bits per heavy atom. The molecule has 1 aromatic heterocycles. The molecule has 166 valence electrons. The van der Waals surface area contributed by atoms with E-state index < -0.39 is 5.97 Å². The van der Waals surface area contributed by atoms with Crippen molar-refractivity contribution in [2.45, 2.75) is 63.8 Å². The molecule has 0 spiro atoms. The van der Waals surface area contributed by atoms with Gasteiger partial charge in [-0.15, -0.1) is 0 Å². The van der Waals surface area contributed by atoms with Crippen molar-refractivity contribution in [3.8, 4) is 6.07 Å². The highest BCUT2D eigenvalue weighted by atomic mass is 16.7. The van der Waals surface area contributed by atoms with Gasteiger partial charge in [0.05, 0.1) is 11.8 Å². The smallest absolute Gasteiger partial charge is 0.335 e. The van der Waals surface area contributed by atoms with E-state index in [1.165, 1.54) is 30.5 Å². The normalized spacial score (nSPS) is 16.1. The number of nitriles is 1. The summed E-state index contributed by atoms with van der Waals surface area (Å²) in [5.41, 5.74) is 7.88. The Morgan fingerprint density at radius 2 is 2.19 bits per heavy atom. The Bertz CT molecular complexity index is 841. The summed E-state index contributed by atoms with van der Waals surface area (Å²) in [6.45, 7) is 2.95. The van der Waals surface area contributed by atoms with E-state index in [2.05, 4.69) is 27.5 Å². The molecule has 0 aromatic carbocycles. The van der Waals surface area contributed by atoms with Crippen LogP contribution in [0.5, 0.6) is 0 Å². The van der Waals surface area contributed by atoms with Crippen molar-refractivity contribution in [3.63, 3.8) is 0 Å². The van der Waals surface area contributed by atoms with Gasteiger partial charge < -0.3 is 20.8 Å². The van der Waals surface area contributed by atoms with Crippen LogP contribution in [0.15, 0.2) is 29.1 Å². The average molecular weight is 425 g/mol. The fourth-order valence-electron chi connectivity index (χ4n) is 3.77. The number of carbonyl (C=O) groups excluding carboxylic acids is 1. The second-order valence-corrected chi connectivity index (χ2v) is 8.10. The van der Waals surface area contributed by atoms with Crippen LogP contribution < -0.4 is 11.1 Å². The molecular weight excluding hydrogens is 392 g/mol. The first-order valence-corrected chi connectivity index (χ1v) is 11.2. The first-order chi connectivity index (χ1) is 15.2. The largest absolute Gasteiger partial charge is 0.403 e. The molecule has 0 amide bonds. The molecule has 1 aliphatic heterocycles. The summed E-state index contributed by atoms with van der Waals surface area (Å²) < 4.78 is 0. The predicted octanol–water partition coefficient (Wildman–Crippen LogP) is 2.90. The molecule has 0 saturated heterocycles. The van der Waals surface area contributed by atoms with Gasteiger partial charge in [0.2, 0.25) is 0 Å². The van der Waals surface area contributed by atoms with E-state index >= 15 is 0 Å². The summed E-state index contributed by atoms with van der Waals surface area (Å²) in [6, 6.07) is 6.88. The van der Waals surface area contributed by atoms with Gasteiger partial charge in [0, 0.05) is 30.9 Å². The van der Waals surface area contributed by atoms with Crippen LogP contribution >= 0.6 is 0 Å². The molecule has 1 saturated carbocycles. The number of aromatic nitrogens is 1. The number of anilines is 1. The van der Waals surface area contributed by atoms with E-state index in [0.29, 0.717) is 12.5 Å². The molecule has 1 aliphatic carbocycles. The van der Waals surface area contributed by atoms with E-state index in [-0.39, 0.29) is 5.57 Å². The van der Waals surface area contributed by atoms with Gasteiger partial charge in [0.1, 0.15) is 11.9 Å². The zero-order valence-corrected chi connectivity index (χ0v) is 18.1. The highest BCUT2D eigenvalue weighted by molar-refractivity contribution is 5.83. The summed E-state index contributed by atoms with van der Waals surface area (Å²) in [4.78, 5) is 23.8. The number of unbranched alkanes of at least 4 members (excludes halogenated alkanes) is 1. The van der Waals surface area contributed by atoms with Crippen LogP contribution in [0.3, 0.4) is 0 Å². The van der Waals surface area contributed by atoms with Crippen LogP contribution in [0.4, 0.5) is 5.82 Å². The lowest BCUT2D eigenvalue weighted by Crippen LogP contribution is -2.28. The molecular formula is C23H32N6O2.